The number of ether oxygens (including phenoxy) is 1. The van der Waals surface area contributed by atoms with E-state index in [4.69, 9.17) is 17.0 Å². The minimum absolute atomic E-state index is 0.0587. The van der Waals surface area contributed by atoms with Crippen molar-refractivity contribution in [2.45, 2.75) is 52.0 Å². The Morgan fingerprint density at radius 3 is 2.32 bits per heavy atom. The average molecular weight is 529 g/mol. The first-order valence-corrected chi connectivity index (χ1v) is 14.3. The van der Waals surface area contributed by atoms with Crippen LogP contribution < -0.4 is 0 Å². The molecule has 0 atom stereocenters. The van der Waals surface area contributed by atoms with Crippen LogP contribution in [-0.2, 0) is 9.53 Å². The molecule has 2 fully saturated rings. The number of carbonyl (C=O) groups excluding carboxylic acids is 1. The number of allylic oxidation sites excluding steroid dienone is 4. The lowest BCUT2D eigenvalue weighted by molar-refractivity contribution is -0.124. The maximum atomic E-state index is 13.2. The number of benzene rings is 2. The summed E-state index contributed by atoms with van der Waals surface area (Å²) in [6.45, 7) is 4.87. The zero-order chi connectivity index (χ0) is 25.8. The highest BCUT2D eigenvalue weighted by atomic mass is 32.2. The Morgan fingerprint density at radius 1 is 1.03 bits per heavy atom. The summed E-state index contributed by atoms with van der Waals surface area (Å²) in [5, 5.41) is 0. The molecular weight excluding hydrogens is 496 g/mol. The van der Waals surface area contributed by atoms with E-state index in [9.17, 15) is 4.79 Å². The Kier molecular flexibility index (Phi) is 7.96. The van der Waals surface area contributed by atoms with Gasteiger partial charge in [-0.05, 0) is 38.3 Å². The van der Waals surface area contributed by atoms with Gasteiger partial charge in [0.25, 0.3) is 5.91 Å². The number of amides is 1. The Balaban J connectivity index is 1.41. The third-order valence-corrected chi connectivity index (χ3v) is 8.56. The van der Waals surface area contributed by atoms with Crippen molar-refractivity contribution in [1.29, 1.82) is 0 Å². The van der Waals surface area contributed by atoms with Crippen molar-refractivity contribution >= 4 is 45.7 Å². The molecule has 1 amide bonds. The van der Waals surface area contributed by atoms with Crippen molar-refractivity contribution in [3.05, 3.63) is 106 Å². The van der Waals surface area contributed by atoms with Crippen LogP contribution in [0.15, 0.2) is 95.3 Å². The monoisotopic (exact) mass is 528 g/mol. The highest BCUT2D eigenvalue weighted by molar-refractivity contribution is 8.26. The SMILES string of the molecule is CCN1C(c2ccccc2)=C(c2ccccc2)O/C1=C/C=C/C(C)=C1\SC(=S)N(C2CCCCC2)C1=O. The van der Waals surface area contributed by atoms with E-state index in [0.717, 1.165) is 58.3 Å². The standard InChI is InChI=1S/C31H32N2O2S2/c1-3-32-26(35-28(24-17-9-5-10-18-24)27(32)23-15-7-4-8-16-23)21-13-14-22(2)29-30(34)33(31(36)37-29)25-19-11-6-12-20-25/h4-5,7-10,13-18,21,25H,3,6,11-12,19-20H2,1-2H3/b14-13+,26-21+,29-22-. The molecule has 1 saturated carbocycles. The van der Waals surface area contributed by atoms with Gasteiger partial charge in [-0.1, -0.05) is 116 Å². The van der Waals surface area contributed by atoms with Crippen LogP contribution in [0.5, 0.6) is 0 Å². The fourth-order valence-electron chi connectivity index (χ4n) is 5.17. The number of hydrogen-bond acceptors (Lipinski definition) is 5. The third kappa shape index (κ3) is 5.32. The van der Waals surface area contributed by atoms with Gasteiger partial charge in [0.05, 0.1) is 10.6 Å². The lowest BCUT2D eigenvalue weighted by Crippen LogP contribution is -2.39. The van der Waals surface area contributed by atoms with Crippen molar-refractivity contribution < 1.29 is 9.53 Å². The van der Waals surface area contributed by atoms with E-state index in [0.29, 0.717) is 4.32 Å². The molecule has 0 unspecified atom stereocenters. The van der Waals surface area contributed by atoms with E-state index in [2.05, 4.69) is 36.1 Å². The summed E-state index contributed by atoms with van der Waals surface area (Å²) in [6, 6.07) is 20.8. The summed E-state index contributed by atoms with van der Waals surface area (Å²) >= 11 is 7.04. The van der Waals surface area contributed by atoms with Crippen molar-refractivity contribution in [3.63, 3.8) is 0 Å². The first-order valence-electron chi connectivity index (χ1n) is 13.0. The van der Waals surface area contributed by atoms with Crippen molar-refractivity contribution in [3.8, 4) is 0 Å². The van der Waals surface area contributed by atoms with Crippen LogP contribution in [0.25, 0.3) is 11.5 Å². The van der Waals surface area contributed by atoms with Gasteiger partial charge in [-0.15, -0.1) is 0 Å². The number of rotatable bonds is 6. The minimum Gasteiger partial charge on any atom is -0.438 e. The molecule has 2 heterocycles. The van der Waals surface area contributed by atoms with Gasteiger partial charge < -0.3 is 9.64 Å². The van der Waals surface area contributed by atoms with Crippen molar-refractivity contribution in [2.75, 3.05) is 6.54 Å². The second-order valence-electron chi connectivity index (χ2n) is 9.47. The third-order valence-electron chi connectivity index (χ3n) is 7.04. The molecule has 0 aromatic heterocycles. The van der Waals surface area contributed by atoms with Gasteiger partial charge >= 0.3 is 0 Å². The lowest BCUT2D eigenvalue weighted by atomic mass is 9.94. The molecule has 4 nitrogen and oxygen atoms in total. The Morgan fingerprint density at radius 2 is 1.68 bits per heavy atom. The molecule has 2 aromatic carbocycles. The van der Waals surface area contributed by atoms with Crippen LogP contribution >= 0.6 is 24.0 Å². The van der Waals surface area contributed by atoms with Crippen LogP contribution in [0.1, 0.15) is 57.1 Å². The van der Waals surface area contributed by atoms with E-state index >= 15 is 0 Å². The Hall–Kier alpha value is -3.09. The molecule has 6 heteroatoms. The molecule has 2 aliphatic heterocycles. The van der Waals surface area contributed by atoms with Gasteiger partial charge in [0, 0.05) is 23.7 Å². The van der Waals surface area contributed by atoms with Gasteiger partial charge in [0.2, 0.25) is 5.88 Å². The molecule has 0 N–H and O–H groups in total. The number of nitrogens with zero attached hydrogens (tertiary/aromatic N) is 2. The number of thiocarbonyl (C=S) groups is 1. The molecule has 1 aliphatic carbocycles. The number of hydrogen-bond donors (Lipinski definition) is 0. The summed E-state index contributed by atoms with van der Waals surface area (Å²) in [5.41, 5.74) is 4.13. The highest BCUT2D eigenvalue weighted by Crippen LogP contribution is 2.41. The van der Waals surface area contributed by atoms with Crippen LogP contribution in [-0.4, -0.2) is 32.6 Å². The normalized spacial score (nSPS) is 21.5. The number of thioether (sulfide) groups is 1. The van der Waals surface area contributed by atoms with Gasteiger partial charge in [0.1, 0.15) is 4.32 Å². The summed E-state index contributed by atoms with van der Waals surface area (Å²) in [7, 11) is 0. The summed E-state index contributed by atoms with van der Waals surface area (Å²) in [4.78, 5) is 18.0. The smallest absolute Gasteiger partial charge is 0.266 e. The molecular formula is C31H32N2O2S2. The molecule has 3 aliphatic rings. The van der Waals surface area contributed by atoms with Gasteiger partial charge in [-0.2, -0.15) is 0 Å². The molecule has 37 heavy (non-hydrogen) atoms. The first-order chi connectivity index (χ1) is 18.1. The topological polar surface area (TPSA) is 32.8 Å². The van der Waals surface area contributed by atoms with Gasteiger partial charge in [0.15, 0.2) is 5.76 Å². The maximum absolute atomic E-state index is 13.2. The zero-order valence-electron chi connectivity index (χ0n) is 21.4. The lowest BCUT2D eigenvalue weighted by Gasteiger charge is -2.29. The first kappa shape index (κ1) is 25.6. The van der Waals surface area contributed by atoms with E-state index in [1.807, 2.05) is 66.4 Å². The fourth-order valence-corrected chi connectivity index (χ4v) is 6.57. The van der Waals surface area contributed by atoms with Gasteiger partial charge in [-0.25, -0.2) is 0 Å². The molecule has 5 rings (SSSR count). The van der Waals surface area contributed by atoms with Crippen LogP contribution in [0, 0.1) is 0 Å². The van der Waals surface area contributed by atoms with Crippen molar-refractivity contribution in [2.24, 2.45) is 0 Å². The molecule has 0 bridgehead atoms. The molecule has 1 saturated heterocycles. The van der Waals surface area contributed by atoms with E-state index in [1.165, 1.54) is 31.0 Å². The summed E-state index contributed by atoms with van der Waals surface area (Å²) in [6.07, 6.45) is 11.6. The minimum atomic E-state index is 0.0587. The highest BCUT2D eigenvalue weighted by Gasteiger charge is 2.38. The summed E-state index contributed by atoms with van der Waals surface area (Å²) in [5.74, 6) is 1.67. The average Bonchev–Trinajstić information content (AvgIpc) is 3.46. The van der Waals surface area contributed by atoms with Crippen LogP contribution in [0.3, 0.4) is 0 Å². The quantitative estimate of drug-likeness (QED) is 0.283. The molecule has 0 radical (unpaired) electrons. The molecule has 2 aromatic rings. The van der Waals surface area contributed by atoms with E-state index in [1.54, 1.807) is 0 Å². The predicted octanol–water partition coefficient (Wildman–Crippen LogP) is 7.73. The largest absolute Gasteiger partial charge is 0.438 e. The van der Waals surface area contributed by atoms with Crippen LogP contribution in [0.2, 0.25) is 0 Å². The fraction of sp³-hybridized carbons (Fsp3) is 0.290. The van der Waals surface area contributed by atoms with Crippen LogP contribution in [0.4, 0.5) is 0 Å². The number of carbonyl (C=O) groups is 1. The van der Waals surface area contributed by atoms with Crippen molar-refractivity contribution in [1.82, 2.24) is 9.80 Å². The Bertz CT molecular complexity index is 1290. The van der Waals surface area contributed by atoms with Gasteiger partial charge in [-0.3, -0.25) is 9.69 Å². The van der Waals surface area contributed by atoms with E-state index in [-0.39, 0.29) is 11.9 Å². The second kappa shape index (κ2) is 11.5. The predicted molar refractivity (Wildman–Crippen MR) is 157 cm³/mol. The Labute approximate surface area is 229 Å². The molecule has 190 valence electrons. The second-order valence-corrected chi connectivity index (χ2v) is 11.1. The molecule has 0 spiro atoms. The van der Waals surface area contributed by atoms with E-state index < -0.39 is 0 Å². The zero-order valence-corrected chi connectivity index (χ0v) is 23.0. The maximum Gasteiger partial charge on any atom is 0.266 e. The summed E-state index contributed by atoms with van der Waals surface area (Å²) < 4.78 is 7.15.